The van der Waals surface area contributed by atoms with Crippen molar-refractivity contribution in [2.24, 2.45) is 0 Å². The molecule has 1 aromatic carbocycles. The van der Waals surface area contributed by atoms with Gasteiger partial charge in [0.25, 0.3) is 0 Å². The molecule has 0 N–H and O–H groups in total. The monoisotopic (exact) mass is 221 g/mol. The zero-order valence-electron chi connectivity index (χ0n) is 8.56. The molecule has 0 saturated heterocycles. The first-order valence-corrected chi connectivity index (χ1v) is 4.63. The first kappa shape index (κ1) is 10.5. The van der Waals surface area contributed by atoms with E-state index in [4.69, 9.17) is 0 Å². The molecule has 0 spiro atoms. The molecule has 0 unspecified atom stereocenters. The zero-order chi connectivity index (χ0) is 11.5. The Kier molecular flexibility index (Phi) is 2.76. The van der Waals surface area contributed by atoms with E-state index in [9.17, 15) is 8.78 Å². The average Bonchev–Trinajstić information content (AvgIpc) is 2.29. The van der Waals surface area contributed by atoms with E-state index >= 15 is 0 Å². The van der Waals surface area contributed by atoms with Gasteiger partial charge in [0.15, 0.2) is 0 Å². The molecule has 2 aromatic rings. The van der Waals surface area contributed by atoms with Crippen molar-refractivity contribution < 1.29 is 8.78 Å². The lowest BCUT2D eigenvalue weighted by Crippen LogP contribution is -2.11. The minimum atomic E-state index is -0.598. The van der Waals surface area contributed by atoms with Crippen LogP contribution in [0.2, 0.25) is 0 Å². The lowest BCUT2D eigenvalue weighted by atomic mass is 10.3. The minimum absolute atomic E-state index is 0.314. The van der Waals surface area contributed by atoms with Gasteiger partial charge in [-0.2, -0.15) is 4.39 Å². The molecule has 0 aliphatic rings. The molecule has 82 valence electrons. The van der Waals surface area contributed by atoms with Crippen LogP contribution in [0.3, 0.4) is 0 Å². The number of rotatable bonds is 2. The lowest BCUT2D eigenvalue weighted by molar-refractivity contribution is 0.579. The summed E-state index contributed by atoms with van der Waals surface area (Å²) in [5.41, 5.74) is 0.722. The van der Waals surface area contributed by atoms with Gasteiger partial charge in [0.1, 0.15) is 18.0 Å². The smallest absolute Gasteiger partial charge is 0.218 e. The Morgan fingerprint density at radius 3 is 2.38 bits per heavy atom. The molecule has 0 amide bonds. The van der Waals surface area contributed by atoms with Crippen LogP contribution in [0.4, 0.5) is 20.3 Å². The van der Waals surface area contributed by atoms with Crippen LogP contribution >= 0.6 is 0 Å². The second-order valence-corrected chi connectivity index (χ2v) is 3.23. The molecular formula is C11H9F2N3. The van der Waals surface area contributed by atoms with Crippen molar-refractivity contribution >= 4 is 11.5 Å². The van der Waals surface area contributed by atoms with Gasteiger partial charge in [0.2, 0.25) is 5.95 Å². The molecule has 0 saturated carbocycles. The number of nitrogens with zero attached hydrogens (tertiary/aromatic N) is 3. The summed E-state index contributed by atoms with van der Waals surface area (Å²) in [6.45, 7) is 0. The van der Waals surface area contributed by atoms with Gasteiger partial charge in [0, 0.05) is 18.8 Å². The van der Waals surface area contributed by atoms with Gasteiger partial charge < -0.3 is 4.90 Å². The SMILES string of the molecule is CN(c1ccc(F)cc1)c1cc(F)ncn1. The highest BCUT2D eigenvalue weighted by molar-refractivity contribution is 5.58. The summed E-state index contributed by atoms with van der Waals surface area (Å²) in [5, 5.41) is 0. The Morgan fingerprint density at radius 1 is 1.06 bits per heavy atom. The molecule has 0 fully saturated rings. The van der Waals surface area contributed by atoms with Gasteiger partial charge >= 0.3 is 0 Å². The Hall–Kier alpha value is -2.04. The molecule has 0 bridgehead atoms. The van der Waals surface area contributed by atoms with E-state index in [0.717, 1.165) is 12.0 Å². The number of hydrogen-bond acceptors (Lipinski definition) is 3. The van der Waals surface area contributed by atoms with E-state index in [2.05, 4.69) is 9.97 Å². The van der Waals surface area contributed by atoms with Crippen molar-refractivity contribution in [2.45, 2.75) is 0 Å². The average molecular weight is 221 g/mol. The van der Waals surface area contributed by atoms with Crippen molar-refractivity contribution in [3.63, 3.8) is 0 Å². The summed E-state index contributed by atoms with van der Waals surface area (Å²) in [6, 6.07) is 7.07. The van der Waals surface area contributed by atoms with Gasteiger partial charge in [-0.3, -0.25) is 0 Å². The summed E-state index contributed by atoms with van der Waals surface area (Å²) in [5.74, 6) is -0.496. The molecule has 0 radical (unpaired) electrons. The van der Waals surface area contributed by atoms with E-state index in [1.807, 2.05) is 0 Å². The van der Waals surface area contributed by atoms with Crippen molar-refractivity contribution in [2.75, 3.05) is 11.9 Å². The fraction of sp³-hybridized carbons (Fsp3) is 0.0909. The Labute approximate surface area is 91.4 Å². The van der Waals surface area contributed by atoms with Crippen LogP contribution in [-0.2, 0) is 0 Å². The fourth-order valence-corrected chi connectivity index (χ4v) is 1.30. The van der Waals surface area contributed by atoms with Crippen molar-refractivity contribution in [1.82, 2.24) is 9.97 Å². The lowest BCUT2D eigenvalue weighted by Gasteiger charge is -2.17. The predicted molar refractivity (Wildman–Crippen MR) is 56.5 cm³/mol. The van der Waals surface area contributed by atoms with Crippen LogP contribution in [0.25, 0.3) is 0 Å². The molecule has 1 heterocycles. The van der Waals surface area contributed by atoms with Crippen LogP contribution < -0.4 is 4.90 Å². The Morgan fingerprint density at radius 2 is 1.75 bits per heavy atom. The summed E-state index contributed by atoms with van der Waals surface area (Å²) >= 11 is 0. The van der Waals surface area contributed by atoms with Gasteiger partial charge in [-0.25, -0.2) is 14.4 Å². The van der Waals surface area contributed by atoms with Crippen molar-refractivity contribution in [1.29, 1.82) is 0 Å². The van der Waals surface area contributed by atoms with E-state index in [0.29, 0.717) is 5.82 Å². The highest BCUT2D eigenvalue weighted by Gasteiger charge is 2.06. The molecule has 1 aromatic heterocycles. The summed E-state index contributed by atoms with van der Waals surface area (Å²) in [7, 11) is 1.72. The first-order chi connectivity index (χ1) is 7.66. The minimum Gasteiger partial charge on any atom is -0.329 e. The third-order valence-corrected chi connectivity index (χ3v) is 2.18. The number of hydrogen-bond donors (Lipinski definition) is 0. The second-order valence-electron chi connectivity index (χ2n) is 3.23. The summed E-state index contributed by atoms with van der Waals surface area (Å²) in [4.78, 5) is 8.93. The van der Waals surface area contributed by atoms with E-state index < -0.39 is 5.95 Å². The number of aromatic nitrogens is 2. The molecule has 0 aliphatic carbocycles. The molecule has 3 nitrogen and oxygen atoms in total. The van der Waals surface area contributed by atoms with Crippen LogP contribution in [0.15, 0.2) is 36.7 Å². The van der Waals surface area contributed by atoms with Gasteiger partial charge in [-0.15, -0.1) is 0 Å². The van der Waals surface area contributed by atoms with Crippen LogP contribution in [0.5, 0.6) is 0 Å². The second kappa shape index (κ2) is 4.22. The predicted octanol–water partition coefficient (Wildman–Crippen LogP) is 2.52. The third-order valence-electron chi connectivity index (χ3n) is 2.18. The standard InChI is InChI=1S/C11H9F2N3/c1-16(9-4-2-8(12)3-5-9)11-6-10(13)14-7-15-11/h2-7H,1H3. The molecule has 2 rings (SSSR count). The van der Waals surface area contributed by atoms with Crippen molar-refractivity contribution in [3.8, 4) is 0 Å². The maximum atomic E-state index is 12.9. The third kappa shape index (κ3) is 2.13. The first-order valence-electron chi connectivity index (χ1n) is 4.63. The highest BCUT2D eigenvalue weighted by Crippen LogP contribution is 2.21. The molecule has 0 atom stereocenters. The van der Waals surface area contributed by atoms with E-state index in [-0.39, 0.29) is 5.82 Å². The number of anilines is 2. The highest BCUT2D eigenvalue weighted by atomic mass is 19.1. The summed E-state index contributed by atoms with van der Waals surface area (Å²) in [6.07, 6.45) is 1.14. The van der Waals surface area contributed by atoms with Gasteiger partial charge in [-0.1, -0.05) is 0 Å². The normalized spacial score (nSPS) is 10.2. The number of halogens is 2. The maximum absolute atomic E-state index is 12.9. The largest absolute Gasteiger partial charge is 0.329 e. The number of benzene rings is 1. The zero-order valence-corrected chi connectivity index (χ0v) is 8.56. The topological polar surface area (TPSA) is 29.0 Å². The van der Waals surface area contributed by atoms with Crippen molar-refractivity contribution in [3.05, 3.63) is 48.4 Å². The molecular weight excluding hydrogens is 212 g/mol. The van der Waals surface area contributed by atoms with E-state index in [1.165, 1.54) is 18.2 Å². The molecule has 16 heavy (non-hydrogen) atoms. The van der Waals surface area contributed by atoms with E-state index in [1.54, 1.807) is 24.1 Å². The van der Waals surface area contributed by atoms with Crippen LogP contribution in [0, 0.1) is 11.8 Å². The maximum Gasteiger partial charge on any atom is 0.218 e. The van der Waals surface area contributed by atoms with Crippen LogP contribution in [-0.4, -0.2) is 17.0 Å². The molecule has 0 aliphatic heterocycles. The summed E-state index contributed by atoms with van der Waals surface area (Å²) < 4.78 is 25.6. The Balaban J connectivity index is 2.31. The van der Waals surface area contributed by atoms with Crippen LogP contribution in [0.1, 0.15) is 0 Å². The Bertz CT molecular complexity index is 485. The van der Waals surface area contributed by atoms with Gasteiger partial charge in [0.05, 0.1) is 0 Å². The fourth-order valence-electron chi connectivity index (χ4n) is 1.30. The quantitative estimate of drug-likeness (QED) is 0.729. The van der Waals surface area contributed by atoms with Gasteiger partial charge in [-0.05, 0) is 24.3 Å². The molecule has 5 heteroatoms.